The monoisotopic (exact) mass is 402 g/mol. The van der Waals surface area contributed by atoms with Crippen molar-refractivity contribution in [2.24, 2.45) is 5.92 Å². The van der Waals surface area contributed by atoms with Gasteiger partial charge in [-0.25, -0.2) is 9.59 Å². The minimum Gasteiger partial charge on any atom is -0.465 e. The summed E-state index contributed by atoms with van der Waals surface area (Å²) in [6.07, 6.45) is 2.84. The average Bonchev–Trinajstić information content (AvgIpc) is 3.21. The van der Waals surface area contributed by atoms with Crippen LogP contribution in [0.3, 0.4) is 0 Å². The molecule has 0 aliphatic carbocycles. The van der Waals surface area contributed by atoms with E-state index < -0.39 is 6.04 Å². The first-order valence-corrected chi connectivity index (χ1v) is 10.8. The van der Waals surface area contributed by atoms with Gasteiger partial charge in [-0.05, 0) is 43.8 Å². The topological polar surface area (TPSA) is 67.9 Å². The zero-order valence-corrected chi connectivity index (χ0v) is 16.9. The van der Waals surface area contributed by atoms with E-state index in [0.29, 0.717) is 17.2 Å². The average molecular weight is 403 g/mol. The molecular weight excluding hydrogens is 376 g/mol. The van der Waals surface area contributed by atoms with Crippen LogP contribution in [0, 0.1) is 5.92 Å². The minimum absolute atomic E-state index is 0.0463. The molecule has 0 saturated carbocycles. The van der Waals surface area contributed by atoms with E-state index >= 15 is 0 Å². The van der Waals surface area contributed by atoms with Gasteiger partial charge in [-0.3, -0.25) is 4.90 Å². The van der Waals surface area contributed by atoms with Gasteiger partial charge in [0.15, 0.2) is 6.04 Å². The summed E-state index contributed by atoms with van der Waals surface area (Å²) in [4.78, 5) is 28.2. The SMILES string of the molecule is COC(=O)C1=C(NC(C(=O)O[C@H]2CN3CCC2CC3)c2ccccc2)CCS1. The maximum atomic E-state index is 13.2. The summed E-state index contributed by atoms with van der Waals surface area (Å²) < 4.78 is 10.9. The fourth-order valence-electron chi connectivity index (χ4n) is 4.23. The first-order valence-electron chi connectivity index (χ1n) is 9.84. The summed E-state index contributed by atoms with van der Waals surface area (Å²) in [5.74, 6) is 0.613. The maximum Gasteiger partial charge on any atom is 0.346 e. The summed E-state index contributed by atoms with van der Waals surface area (Å²) in [7, 11) is 1.38. The van der Waals surface area contributed by atoms with Crippen LogP contribution in [0.2, 0.25) is 0 Å². The van der Waals surface area contributed by atoms with Crippen LogP contribution in [0.25, 0.3) is 0 Å². The van der Waals surface area contributed by atoms with E-state index in [0.717, 1.165) is 49.5 Å². The Balaban J connectivity index is 1.54. The number of benzene rings is 1. The molecule has 2 atom stereocenters. The Morgan fingerprint density at radius 3 is 2.61 bits per heavy atom. The number of allylic oxidation sites excluding steroid dienone is 1. The molecule has 1 aromatic carbocycles. The van der Waals surface area contributed by atoms with Crippen LogP contribution in [0.1, 0.15) is 30.9 Å². The fraction of sp³-hybridized carbons (Fsp3) is 0.524. The summed E-state index contributed by atoms with van der Waals surface area (Å²) >= 11 is 1.46. The number of hydrogen-bond donors (Lipinski definition) is 1. The number of fused-ring (bicyclic) bond motifs is 3. The van der Waals surface area contributed by atoms with Crippen LogP contribution in [0.5, 0.6) is 0 Å². The normalized spacial score (nSPS) is 27.4. The predicted molar refractivity (Wildman–Crippen MR) is 107 cm³/mol. The molecule has 150 valence electrons. The van der Waals surface area contributed by atoms with E-state index in [-0.39, 0.29) is 18.0 Å². The number of carbonyl (C=O) groups is 2. The molecule has 5 rings (SSSR count). The van der Waals surface area contributed by atoms with Gasteiger partial charge in [-0.15, -0.1) is 11.8 Å². The van der Waals surface area contributed by atoms with Crippen molar-refractivity contribution in [2.45, 2.75) is 31.4 Å². The predicted octanol–water partition coefficient (Wildman–Crippen LogP) is 2.48. The van der Waals surface area contributed by atoms with Crippen molar-refractivity contribution in [3.8, 4) is 0 Å². The molecule has 0 spiro atoms. The molecule has 1 aromatic rings. The Labute approximate surface area is 169 Å². The Morgan fingerprint density at radius 2 is 1.96 bits per heavy atom. The molecule has 1 unspecified atom stereocenters. The second-order valence-electron chi connectivity index (χ2n) is 7.50. The molecule has 3 fully saturated rings. The number of methoxy groups -OCH3 is 1. The maximum absolute atomic E-state index is 13.2. The van der Waals surface area contributed by atoms with Crippen LogP contribution in [-0.2, 0) is 19.1 Å². The Bertz CT molecular complexity index is 759. The van der Waals surface area contributed by atoms with Gasteiger partial charge in [0.25, 0.3) is 0 Å². The molecule has 0 aromatic heterocycles. The van der Waals surface area contributed by atoms with Crippen molar-refractivity contribution >= 4 is 23.7 Å². The van der Waals surface area contributed by atoms with Gasteiger partial charge in [0.2, 0.25) is 0 Å². The van der Waals surface area contributed by atoms with E-state index in [4.69, 9.17) is 9.47 Å². The van der Waals surface area contributed by atoms with Gasteiger partial charge in [0.1, 0.15) is 11.0 Å². The number of esters is 2. The number of ether oxygens (including phenoxy) is 2. The van der Waals surface area contributed by atoms with Crippen molar-refractivity contribution in [1.82, 2.24) is 10.2 Å². The molecule has 28 heavy (non-hydrogen) atoms. The molecule has 6 nitrogen and oxygen atoms in total. The quantitative estimate of drug-likeness (QED) is 0.733. The highest BCUT2D eigenvalue weighted by Crippen LogP contribution is 2.34. The third kappa shape index (κ3) is 4.05. The number of nitrogens with zero attached hydrogens (tertiary/aromatic N) is 1. The van der Waals surface area contributed by atoms with Crippen molar-refractivity contribution < 1.29 is 19.1 Å². The summed E-state index contributed by atoms with van der Waals surface area (Å²) in [5.41, 5.74) is 1.60. The number of hydrogen-bond acceptors (Lipinski definition) is 7. The fourth-order valence-corrected chi connectivity index (χ4v) is 5.27. The van der Waals surface area contributed by atoms with E-state index in [1.165, 1.54) is 18.9 Å². The number of carbonyl (C=O) groups excluding carboxylic acids is 2. The zero-order valence-electron chi connectivity index (χ0n) is 16.1. The highest BCUT2D eigenvalue weighted by molar-refractivity contribution is 8.04. The van der Waals surface area contributed by atoms with Gasteiger partial charge in [-0.2, -0.15) is 0 Å². The molecular formula is C21H26N2O4S. The van der Waals surface area contributed by atoms with Crippen LogP contribution < -0.4 is 5.32 Å². The third-order valence-electron chi connectivity index (χ3n) is 5.79. The van der Waals surface area contributed by atoms with Gasteiger partial charge in [-0.1, -0.05) is 30.3 Å². The lowest BCUT2D eigenvalue weighted by Gasteiger charge is -2.44. The smallest absolute Gasteiger partial charge is 0.346 e. The van der Waals surface area contributed by atoms with E-state index in [2.05, 4.69) is 10.2 Å². The number of rotatable bonds is 6. The Hall–Kier alpha value is -1.99. The van der Waals surface area contributed by atoms with Crippen molar-refractivity contribution in [2.75, 3.05) is 32.5 Å². The lowest BCUT2D eigenvalue weighted by molar-refractivity contribution is -0.161. The van der Waals surface area contributed by atoms with E-state index in [1.54, 1.807) is 0 Å². The zero-order chi connectivity index (χ0) is 19.5. The van der Waals surface area contributed by atoms with Gasteiger partial charge < -0.3 is 14.8 Å². The molecule has 3 saturated heterocycles. The molecule has 1 N–H and O–H groups in total. The van der Waals surface area contributed by atoms with Gasteiger partial charge in [0, 0.05) is 18.0 Å². The number of piperidine rings is 3. The van der Waals surface area contributed by atoms with Crippen molar-refractivity contribution in [3.05, 3.63) is 46.5 Å². The molecule has 7 heteroatoms. The third-order valence-corrected chi connectivity index (χ3v) is 6.90. The van der Waals surface area contributed by atoms with E-state index in [9.17, 15) is 9.59 Å². The molecule has 0 radical (unpaired) electrons. The lowest BCUT2D eigenvalue weighted by Crippen LogP contribution is -2.52. The minimum atomic E-state index is -0.634. The second-order valence-corrected chi connectivity index (χ2v) is 8.60. The second kappa shape index (κ2) is 8.57. The van der Waals surface area contributed by atoms with Crippen LogP contribution in [0.15, 0.2) is 40.9 Å². The van der Waals surface area contributed by atoms with Crippen LogP contribution in [0.4, 0.5) is 0 Å². The molecule has 0 amide bonds. The van der Waals surface area contributed by atoms with Crippen molar-refractivity contribution in [3.63, 3.8) is 0 Å². The van der Waals surface area contributed by atoms with Gasteiger partial charge >= 0.3 is 11.9 Å². The first-order chi connectivity index (χ1) is 13.7. The number of thioether (sulfide) groups is 1. The van der Waals surface area contributed by atoms with Crippen molar-refractivity contribution in [1.29, 1.82) is 0 Å². The van der Waals surface area contributed by atoms with Gasteiger partial charge in [0.05, 0.1) is 7.11 Å². The molecule has 4 heterocycles. The highest BCUT2D eigenvalue weighted by Gasteiger charge is 2.38. The Morgan fingerprint density at radius 1 is 1.21 bits per heavy atom. The first kappa shape index (κ1) is 19.3. The largest absolute Gasteiger partial charge is 0.465 e. The lowest BCUT2D eigenvalue weighted by atomic mass is 9.86. The Kier molecular flexibility index (Phi) is 5.92. The molecule has 2 bridgehead atoms. The number of nitrogens with one attached hydrogen (secondary N) is 1. The van der Waals surface area contributed by atoms with E-state index in [1.807, 2.05) is 30.3 Å². The molecule has 4 aliphatic rings. The molecule has 4 aliphatic heterocycles. The standard InChI is InChI=1S/C21H26N2O4S/c1-26-21(25)19-16(9-12-28-19)22-18(15-5-3-2-4-6-15)20(24)27-17-13-23-10-7-14(17)8-11-23/h2-6,14,17-18,22H,7-13H2,1H3/t17-,18?/m0/s1. The highest BCUT2D eigenvalue weighted by atomic mass is 32.2. The summed E-state index contributed by atoms with van der Waals surface area (Å²) in [6, 6.07) is 8.93. The van der Waals surface area contributed by atoms with Crippen LogP contribution in [-0.4, -0.2) is 55.4 Å². The summed E-state index contributed by atoms with van der Waals surface area (Å²) in [5, 5.41) is 3.30. The van der Waals surface area contributed by atoms with Crippen LogP contribution >= 0.6 is 11.8 Å². The summed E-state index contributed by atoms with van der Waals surface area (Å²) in [6.45, 7) is 3.03.